The lowest BCUT2D eigenvalue weighted by Gasteiger charge is -1.99. The topological polar surface area (TPSA) is 144 Å². The molecule has 0 bridgehead atoms. The van der Waals surface area contributed by atoms with Crippen LogP contribution < -0.4 is 17.2 Å². The number of aldehydes is 1. The Bertz CT molecular complexity index is 536. The Labute approximate surface area is 97.3 Å². The molecule has 1 aromatic carbocycles. The van der Waals surface area contributed by atoms with E-state index in [2.05, 4.69) is 9.98 Å². The first-order valence-electron chi connectivity index (χ1n) is 4.50. The van der Waals surface area contributed by atoms with E-state index in [1.807, 2.05) is 6.07 Å². The fraction of sp³-hybridized carbons (Fsp3) is 0. The summed E-state index contributed by atoms with van der Waals surface area (Å²) in [7, 11) is 0. The molecule has 0 radical (unpaired) electrons. The number of nitriles is 1. The molecule has 0 fully saturated rings. The van der Waals surface area contributed by atoms with Crippen molar-refractivity contribution in [1.29, 1.82) is 5.26 Å². The van der Waals surface area contributed by atoms with Crippen LogP contribution in [-0.4, -0.2) is 18.2 Å². The summed E-state index contributed by atoms with van der Waals surface area (Å²) >= 11 is 0. The number of hydrogen-bond acceptors (Lipinski definition) is 3. The zero-order valence-electron chi connectivity index (χ0n) is 8.79. The average molecular weight is 230 g/mol. The highest BCUT2D eigenvalue weighted by Gasteiger charge is 2.03. The Morgan fingerprint density at radius 3 is 2.59 bits per heavy atom. The Hall–Kier alpha value is -2.88. The van der Waals surface area contributed by atoms with Gasteiger partial charge in [-0.3, -0.25) is 4.79 Å². The van der Waals surface area contributed by atoms with Gasteiger partial charge in [0.05, 0.1) is 11.3 Å². The van der Waals surface area contributed by atoms with Crippen molar-refractivity contribution in [1.82, 2.24) is 0 Å². The van der Waals surface area contributed by atoms with Crippen molar-refractivity contribution in [3.63, 3.8) is 0 Å². The molecule has 7 nitrogen and oxygen atoms in total. The van der Waals surface area contributed by atoms with Gasteiger partial charge in [0.25, 0.3) is 0 Å². The predicted octanol–water partition coefficient (Wildman–Crippen LogP) is -0.410. The molecule has 0 spiro atoms. The van der Waals surface area contributed by atoms with Crippen LogP contribution in [0.25, 0.3) is 0 Å². The first-order valence-corrected chi connectivity index (χ1v) is 4.50. The molecule has 17 heavy (non-hydrogen) atoms. The van der Waals surface area contributed by atoms with Crippen LogP contribution >= 0.6 is 0 Å². The molecule has 0 unspecified atom stereocenters. The summed E-state index contributed by atoms with van der Waals surface area (Å²) in [6.07, 6.45) is 0.633. The molecule has 7 heteroatoms. The van der Waals surface area contributed by atoms with Crippen LogP contribution in [0.4, 0.5) is 5.69 Å². The normalized spacial score (nSPS) is 10.4. The van der Waals surface area contributed by atoms with Crippen molar-refractivity contribution in [2.24, 2.45) is 27.2 Å². The lowest BCUT2D eigenvalue weighted by molar-refractivity contribution is 0.112. The van der Waals surface area contributed by atoms with Gasteiger partial charge in [-0.1, -0.05) is 0 Å². The van der Waals surface area contributed by atoms with Gasteiger partial charge in [0.15, 0.2) is 5.96 Å². The molecular formula is C10H10N6O. The standard InChI is InChI=1S/C10H10N6O/c11-4-7-3-6(5-17)1-2-8(7)15-10(14)16-9(12)13/h1-3,5H,(H6,12,13,14,15,16). The summed E-state index contributed by atoms with van der Waals surface area (Å²) in [5, 5.41) is 8.87. The van der Waals surface area contributed by atoms with Gasteiger partial charge in [-0.05, 0) is 18.2 Å². The number of rotatable bonds is 2. The van der Waals surface area contributed by atoms with Crippen molar-refractivity contribution in [3.8, 4) is 6.07 Å². The summed E-state index contributed by atoms with van der Waals surface area (Å²) < 4.78 is 0. The van der Waals surface area contributed by atoms with E-state index in [0.29, 0.717) is 17.5 Å². The fourth-order valence-electron chi connectivity index (χ4n) is 1.09. The van der Waals surface area contributed by atoms with Gasteiger partial charge >= 0.3 is 0 Å². The van der Waals surface area contributed by atoms with E-state index in [0.717, 1.165) is 0 Å². The summed E-state index contributed by atoms with van der Waals surface area (Å²) in [5.74, 6) is -0.394. The molecule has 0 aromatic heterocycles. The molecule has 0 aliphatic rings. The van der Waals surface area contributed by atoms with Crippen molar-refractivity contribution >= 4 is 23.9 Å². The summed E-state index contributed by atoms with van der Waals surface area (Å²) in [6, 6.07) is 6.29. The second-order valence-electron chi connectivity index (χ2n) is 3.01. The van der Waals surface area contributed by atoms with Crippen LogP contribution in [0.1, 0.15) is 15.9 Å². The van der Waals surface area contributed by atoms with E-state index in [4.69, 9.17) is 22.5 Å². The second kappa shape index (κ2) is 5.27. The third-order valence-corrected chi connectivity index (χ3v) is 1.76. The van der Waals surface area contributed by atoms with Crippen LogP contribution in [0.15, 0.2) is 28.2 Å². The Morgan fingerprint density at radius 2 is 2.06 bits per heavy atom. The number of aliphatic imine (C=N–C) groups is 2. The van der Waals surface area contributed by atoms with Crippen LogP contribution in [-0.2, 0) is 0 Å². The van der Waals surface area contributed by atoms with Crippen molar-refractivity contribution in [2.75, 3.05) is 0 Å². The van der Waals surface area contributed by atoms with Gasteiger partial charge in [0, 0.05) is 5.56 Å². The van der Waals surface area contributed by atoms with Crippen LogP contribution in [0.5, 0.6) is 0 Å². The lowest BCUT2D eigenvalue weighted by Crippen LogP contribution is -2.26. The van der Waals surface area contributed by atoms with Crippen LogP contribution in [0, 0.1) is 11.3 Å². The van der Waals surface area contributed by atoms with E-state index in [-0.39, 0.29) is 17.5 Å². The number of nitrogens with zero attached hydrogens (tertiary/aromatic N) is 3. The number of carbonyl (C=O) groups excluding carboxylic acids is 1. The molecule has 0 heterocycles. The van der Waals surface area contributed by atoms with E-state index in [1.165, 1.54) is 18.2 Å². The summed E-state index contributed by atoms with van der Waals surface area (Å²) in [5.41, 5.74) is 16.5. The third kappa shape index (κ3) is 3.32. The Kier molecular flexibility index (Phi) is 3.78. The molecule has 1 aromatic rings. The third-order valence-electron chi connectivity index (χ3n) is 1.76. The van der Waals surface area contributed by atoms with Gasteiger partial charge in [-0.25, -0.2) is 4.99 Å². The molecule has 0 saturated heterocycles. The minimum atomic E-state index is -0.228. The SMILES string of the molecule is N#Cc1cc(C=O)ccc1N=C(N)N=C(N)N. The molecule has 6 N–H and O–H groups in total. The van der Waals surface area contributed by atoms with Gasteiger partial charge in [0.2, 0.25) is 5.96 Å². The molecule has 0 aliphatic heterocycles. The van der Waals surface area contributed by atoms with Crippen molar-refractivity contribution in [2.45, 2.75) is 0 Å². The van der Waals surface area contributed by atoms with E-state index >= 15 is 0 Å². The minimum absolute atomic E-state index is 0.166. The van der Waals surface area contributed by atoms with Crippen molar-refractivity contribution < 1.29 is 4.79 Å². The summed E-state index contributed by atoms with van der Waals surface area (Å²) in [6.45, 7) is 0. The quantitative estimate of drug-likeness (QED) is 0.359. The number of hydrogen-bond donors (Lipinski definition) is 3. The Balaban J connectivity index is 3.20. The average Bonchev–Trinajstić information content (AvgIpc) is 2.28. The summed E-state index contributed by atoms with van der Waals surface area (Å²) in [4.78, 5) is 17.9. The fourth-order valence-corrected chi connectivity index (χ4v) is 1.09. The van der Waals surface area contributed by atoms with Crippen LogP contribution in [0.2, 0.25) is 0 Å². The number of guanidine groups is 2. The largest absolute Gasteiger partial charge is 0.370 e. The highest BCUT2D eigenvalue weighted by molar-refractivity contribution is 5.94. The first kappa shape index (κ1) is 12.2. The first-order chi connectivity index (χ1) is 8.06. The lowest BCUT2D eigenvalue weighted by atomic mass is 10.1. The number of carbonyl (C=O) groups is 1. The Morgan fingerprint density at radius 1 is 1.35 bits per heavy atom. The highest BCUT2D eigenvalue weighted by Crippen LogP contribution is 2.19. The molecule has 0 atom stereocenters. The highest BCUT2D eigenvalue weighted by atomic mass is 16.1. The molecular weight excluding hydrogens is 220 g/mol. The number of nitrogens with two attached hydrogens (primary N) is 3. The molecule has 86 valence electrons. The molecule has 0 amide bonds. The van der Waals surface area contributed by atoms with E-state index in [1.54, 1.807) is 0 Å². The monoisotopic (exact) mass is 230 g/mol. The maximum absolute atomic E-state index is 10.5. The minimum Gasteiger partial charge on any atom is -0.370 e. The zero-order valence-corrected chi connectivity index (χ0v) is 8.79. The maximum Gasteiger partial charge on any atom is 0.223 e. The molecule has 0 saturated carbocycles. The van der Waals surface area contributed by atoms with Crippen LogP contribution in [0.3, 0.4) is 0 Å². The maximum atomic E-state index is 10.5. The zero-order chi connectivity index (χ0) is 12.8. The number of benzene rings is 1. The smallest absolute Gasteiger partial charge is 0.223 e. The van der Waals surface area contributed by atoms with E-state index in [9.17, 15) is 4.79 Å². The van der Waals surface area contributed by atoms with Gasteiger partial charge < -0.3 is 17.2 Å². The van der Waals surface area contributed by atoms with E-state index < -0.39 is 0 Å². The van der Waals surface area contributed by atoms with Gasteiger partial charge in [-0.15, -0.1) is 0 Å². The van der Waals surface area contributed by atoms with Gasteiger partial charge in [-0.2, -0.15) is 10.3 Å². The predicted molar refractivity (Wildman–Crippen MR) is 63.6 cm³/mol. The van der Waals surface area contributed by atoms with Gasteiger partial charge in [0.1, 0.15) is 12.4 Å². The van der Waals surface area contributed by atoms with Crippen molar-refractivity contribution in [3.05, 3.63) is 29.3 Å². The second-order valence-corrected chi connectivity index (χ2v) is 3.01. The molecule has 0 aliphatic carbocycles. The molecule has 1 rings (SSSR count).